The Morgan fingerprint density at radius 1 is 1.04 bits per heavy atom. The van der Waals surface area contributed by atoms with E-state index in [1.165, 1.54) is 12.1 Å². The molecule has 0 saturated heterocycles. The molecule has 2 N–H and O–H groups in total. The maximum Gasteiger partial charge on any atom is 0.191 e. The van der Waals surface area contributed by atoms with E-state index in [1.807, 2.05) is 13.0 Å². The van der Waals surface area contributed by atoms with Gasteiger partial charge in [-0.2, -0.15) is 0 Å². The molecule has 0 aromatic heterocycles. The van der Waals surface area contributed by atoms with Crippen LogP contribution in [0.2, 0.25) is 0 Å². The SMILES string of the molecule is CCNC(=NCc1cccc(F)c1)NCc1ccc(COC)cc1.I. The Morgan fingerprint density at radius 3 is 2.40 bits per heavy atom. The highest BCUT2D eigenvalue weighted by molar-refractivity contribution is 14.0. The monoisotopic (exact) mass is 457 g/mol. The number of nitrogens with zero attached hydrogens (tertiary/aromatic N) is 1. The fourth-order valence-electron chi connectivity index (χ4n) is 2.25. The average molecular weight is 457 g/mol. The summed E-state index contributed by atoms with van der Waals surface area (Å²) in [6, 6.07) is 14.7. The molecule has 0 aliphatic carbocycles. The number of methoxy groups -OCH3 is 1. The molecule has 0 spiro atoms. The second kappa shape index (κ2) is 11.8. The molecule has 0 amide bonds. The van der Waals surface area contributed by atoms with Crippen molar-refractivity contribution in [2.24, 2.45) is 4.99 Å². The number of nitrogens with one attached hydrogen (secondary N) is 2. The van der Waals surface area contributed by atoms with E-state index in [0.717, 1.165) is 23.2 Å². The van der Waals surface area contributed by atoms with Gasteiger partial charge in [-0.3, -0.25) is 0 Å². The quantitative estimate of drug-likeness (QED) is 0.377. The summed E-state index contributed by atoms with van der Waals surface area (Å²) in [5, 5.41) is 6.48. The van der Waals surface area contributed by atoms with Crippen LogP contribution < -0.4 is 10.6 Å². The van der Waals surface area contributed by atoms with Crippen LogP contribution in [0, 0.1) is 5.82 Å². The van der Waals surface area contributed by atoms with Crippen molar-refractivity contribution in [2.75, 3.05) is 13.7 Å². The zero-order valence-electron chi connectivity index (χ0n) is 14.6. The molecular weight excluding hydrogens is 432 g/mol. The minimum Gasteiger partial charge on any atom is -0.380 e. The summed E-state index contributed by atoms with van der Waals surface area (Å²) in [4.78, 5) is 4.49. The third-order valence-corrected chi connectivity index (χ3v) is 3.45. The second-order valence-corrected chi connectivity index (χ2v) is 5.43. The first-order valence-electron chi connectivity index (χ1n) is 8.04. The van der Waals surface area contributed by atoms with E-state index >= 15 is 0 Å². The molecule has 136 valence electrons. The largest absolute Gasteiger partial charge is 0.380 e. The van der Waals surface area contributed by atoms with Gasteiger partial charge in [0.05, 0.1) is 13.2 Å². The van der Waals surface area contributed by atoms with Crippen molar-refractivity contribution in [3.63, 3.8) is 0 Å². The van der Waals surface area contributed by atoms with Gasteiger partial charge in [-0.05, 0) is 35.7 Å². The van der Waals surface area contributed by atoms with Gasteiger partial charge < -0.3 is 15.4 Å². The molecule has 2 aromatic carbocycles. The standard InChI is InChI=1S/C19H24FN3O.HI/c1-3-21-19(23-13-17-5-4-6-18(20)11-17)22-12-15-7-9-16(10-8-15)14-24-2;/h4-11H,3,12-14H2,1-2H3,(H2,21,22,23);1H. The Balaban J connectivity index is 0.00000312. The molecule has 0 saturated carbocycles. The molecule has 0 aliphatic heterocycles. The van der Waals surface area contributed by atoms with Crippen molar-refractivity contribution in [3.8, 4) is 0 Å². The Hall–Kier alpha value is -1.67. The van der Waals surface area contributed by atoms with Gasteiger partial charge in [0, 0.05) is 20.2 Å². The summed E-state index contributed by atoms with van der Waals surface area (Å²) in [5.41, 5.74) is 3.15. The van der Waals surface area contributed by atoms with Crippen LogP contribution in [0.25, 0.3) is 0 Å². The predicted octanol–water partition coefficient (Wildman–Crippen LogP) is 3.85. The summed E-state index contributed by atoms with van der Waals surface area (Å²) >= 11 is 0. The number of halogens is 2. The third kappa shape index (κ3) is 7.83. The third-order valence-electron chi connectivity index (χ3n) is 3.45. The summed E-state index contributed by atoms with van der Waals surface area (Å²) in [7, 11) is 1.69. The molecule has 0 atom stereocenters. The maximum absolute atomic E-state index is 13.2. The number of aliphatic imine (C=N–C) groups is 1. The van der Waals surface area contributed by atoms with Gasteiger partial charge in [-0.25, -0.2) is 9.38 Å². The fraction of sp³-hybridized carbons (Fsp3) is 0.316. The molecule has 25 heavy (non-hydrogen) atoms. The minimum absolute atomic E-state index is 0. The lowest BCUT2D eigenvalue weighted by molar-refractivity contribution is 0.185. The minimum atomic E-state index is -0.239. The van der Waals surface area contributed by atoms with Crippen LogP contribution in [0.1, 0.15) is 23.6 Å². The molecule has 0 unspecified atom stereocenters. The average Bonchev–Trinajstić information content (AvgIpc) is 2.59. The Labute approximate surface area is 165 Å². The molecule has 6 heteroatoms. The van der Waals surface area contributed by atoms with Crippen molar-refractivity contribution in [1.29, 1.82) is 0 Å². The van der Waals surface area contributed by atoms with E-state index in [-0.39, 0.29) is 29.8 Å². The molecule has 0 radical (unpaired) electrons. The lowest BCUT2D eigenvalue weighted by Crippen LogP contribution is -2.36. The van der Waals surface area contributed by atoms with Crippen LogP contribution in [-0.2, 0) is 24.4 Å². The van der Waals surface area contributed by atoms with E-state index in [2.05, 4.69) is 39.9 Å². The number of guanidine groups is 1. The smallest absolute Gasteiger partial charge is 0.191 e. The van der Waals surface area contributed by atoms with Crippen LogP contribution in [0.5, 0.6) is 0 Å². The second-order valence-electron chi connectivity index (χ2n) is 5.43. The zero-order chi connectivity index (χ0) is 17.2. The van der Waals surface area contributed by atoms with Gasteiger partial charge in [-0.15, -0.1) is 24.0 Å². The molecule has 2 aromatic rings. The molecule has 4 nitrogen and oxygen atoms in total. The van der Waals surface area contributed by atoms with Crippen LogP contribution in [-0.4, -0.2) is 19.6 Å². The molecule has 0 bridgehead atoms. The zero-order valence-corrected chi connectivity index (χ0v) is 16.9. The highest BCUT2D eigenvalue weighted by Gasteiger charge is 2.00. The van der Waals surface area contributed by atoms with E-state index in [0.29, 0.717) is 25.7 Å². The number of benzene rings is 2. The molecule has 0 fully saturated rings. The Bertz CT molecular complexity index is 662. The first kappa shape index (κ1) is 21.4. The fourth-order valence-corrected chi connectivity index (χ4v) is 2.25. The summed E-state index contributed by atoms with van der Waals surface area (Å²) in [5.74, 6) is 0.472. The lowest BCUT2D eigenvalue weighted by atomic mass is 10.1. The molecule has 0 aliphatic rings. The van der Waals surface area contributed by atoms with E-state index in [4.69, 9.17) is 4.74 Å². The van der Waals surface area contributed by atoms with Gasteiger partial charge in [-0.1, -0.05) is 36.4 Å². The summed E-state index contributed by atoms with van der Waals surface area (Å²) in [6.07, 6.45) is 0. The maximum atomic E-state index is 13.2. The topological polar surface area (TPSA) is 45.7 Å². The van der Waals surface area contributed by atoms with Gasteiger partial charge in [0.25, 0.3) is 0 Å². The molecular formula is C19H25FIN3O. The summed E-state index contributed by atoms with van der Waals surface area (Å²) in [6.45, 7) is 4.49. The van der Waals surface area contributed by atoms with Crippen molar-refractivity contribution in [3.05, 3.63) is 71.0 Å². The highest BCUT2D eigenvalue weighted by atomic mass is 127. The van der Waals surface area contributed by atoms with Crippen molar-refractivity contribution in [2.45, 2.75) is 26.6 Å². The van der Waals surface area contributed by atoms with Gasteiger partial charge >= 0.3 is 0 Å². The van der Waals surface area contributed by atoms with E-state index in [1.54, 1.807) is 13.2 Å². The van der Waals surface area contributed by atoms with Crippen LogP contribution in [0.15, 0.2) is 53.5 Å². The number of rotatable bonds is 7. The lowest BCUT2D eigenvalue weighted by Gasteiger charge is -2.12. The van der Waals surface area contributed by atoms with Crippen molar-refractivity contribution in [1.82, 2.24) is 10.6 Å². The van der Waals surface area contributed by atoms with Crippen LogP contribution >= 0.6 is 24.0 Å². The molecule has 0 heterocycles. The normalized spacial score (nSPS) is 10.9. The van der Waals surface area contributed by atoms with Crippen LogP contribution in [0.4, 0.5) is 4.39 Å². The predicted molar refractivity (Wildman–Crippen MR) is 111 cm³/mol. The van der Waals surface area contributed by atoms with Gasteiger partial charge in [0.2, 0.25) is 0 Å². The van der Waals surface area contributed by atoms with Gasteiger partial charge in [0.1, 0.15) is 5.82 Å². The number of ether oxygens (including phenoxy) is 1. The first-order chi connectivity index (χ1) is 11.7. The molecule has 2 rings (SSSR count). The highest BCUT2D eigenvalue weighted by Crippen LogP contribution is 2.06. The summed E-state index contributed by atoms with van der Waals surface area (Å²) < 4.78 is 18.3. The van der Waals surface area contributed by atoms with Crippen molar-refractivity contribution >= 4 is 29.9 Å². The number of hydrogen-bond donors (Lipinski definition) is 2. The van der Waals surface area contributed by atoms with Gasteiger partial charge in [0.15, 0.2) is 5.96 Å². The van der Waals surface area contributed by atoms with Crippen LogP contribution in [0.3, 0.4) is 0 Å². The van der Waals surface area contributed by atoms with E-state index in [9.17, 15) is 4.39 Å². The number of hydrogen-bond acceptors (Lipinski definition) is 2. The van der Waals surface area contributed by atoms with Crippen molar-refractivity contribution < 1.29 is 9.13 Å². The Morgan fingerprint density at radius 2 is 1.76 bits per heavy atom. The Kier molecular flexibility index (Phi) is 10.1. The van der Waals surface area contributed by atoms with E-state index < -0.39 is 0 Å². The first-order valence-corrected chi connectivity index (χ1v) is 8.04.